The molecular weight excluding hydrogens is 264 g/mol. The largest absolute Gasteiger partial charge is 0.508 e. The number of carbonyl (C=O) groups excluding carboxylic acids is 1. The van der Waals surface area contributed by atoms with Crippen LogP contribution in [0.15, 0.2) is 18.2 Å². The Bertz CT molecular complexity index is 515. The summed E-state index contributed by atoms with van der Waals surface area (Å²) >= 11 is 0. The maximum Gasteiger partial charge on any atom is 0.338 e. The first-order valence-electron chi connectivity index (χ1n) is 4.93. The van der Waals surface area contributed by atoms with Crippen LogP contribution in [0.4, 0.5) is 0 Å². The van der Waals surface area contributed by atoms with Gasteiger partial charge in [-0.2, -0.15) is 8.42 Å². The molecule has 0 aliphatic carbocycles. The number of benzene rings is 1. The monoisotopic (exact) mass is 276 g/mol. The maximum atomic E-state index is 11.4. The van der Waals surface area contributed by atoms with Crippen molar-refractivity contribution in [2.24, 2.45) is 0 Å². The second kappa shape index (κ2) is 5.69. The van der Waals surface area contributed by atoms with Gasteiger partial charge in [0.05, 0.1) is 17.9 Å². The molecule has 0 bridgehead atoms. The number of hydrogen-bond donors (Lipinski definition) is 3. The summed E-state index contributed by atoms with van der Waals surface area (Å²) in [6.45, 7) is -0.199. The van der Waals surface area contributed by atoms with Gasteiger partial charge < -0.3 is 14.9 Å². The van der Waals surface area contributed by atoms with Gasteiger partial charge in [-0.1, -0.05) is 0 Å². The molecule has 0 saturated carbocycles. The highest BCUT2D eigenvalue weighted by Gasteiger charge is 2.11. The van der Waals surface area contributed by atoms with E-state index >= 15 is 0 Å². The van der Waals surface area contributed by atoms with E-state index < -0.39 is 21.8 Å². The lowest BCUT2D eigenvalue weighted by Gasteiger charge is -2.05. The Kier molecular flexibility index (Phi) is 4.51. The van der Waals surface area contributed by atoms with Crippen molar-refractivity contribution in [3.05, 3.63) is 23.8 Å². The molecule has 0 aliphatic heterocycles. The fourth-order valence-electron chi connectivity index (χ4n) is 1.20. The summed E-state index contributed by atoms with van der Waals surface area (Å²) in [5.74, 6) is -1.90. The zero-order valence-electron chi connectivity index (χ0n) is 9.24. The number of phenols is 2. The van der Waals surface area contributed by atoms with Crippen molar-refractivity contribution in [1.29, 1.82) is 0 Å². The van der Waals surface area contributed by atoms with Gasteiger partial charge in [0.2, 0.25) is 0 Å². The smallest absolute Gasteiger partial charge is 0.338 e. The Balaban J connectivity index is 2.51. The van der Waals surface area contributed by atoms with E-state index in [9.17, 15) is 13.2 Å². The predicted octanol–water partition coefficient (Wildman–Crippen LogP) is 0.532. The number of aromatic hydroxyl groups is 2. The second-order valence-electron chi connectivity index (χ2n) is 3.51. The minimum atomic E-state index is -4.07. The predicted molar refractivity (Wildman–Crippen MR) is 61.1 cm³/mol. The second-order valence-corrected chi connectivity index (χ2v) is 5.09. The van der Waals surface area contributed by atoms with Crippen molar-refractivity contribution in [3.63, 3.8) is 0 Å². The van der Waals surface area contributed by atoms with Crippen molar-refractivity contribution in [2.45, 2.75) is 6.42 Å². The standard InChI is InChI=1S/C10H12O7S/c11-8-4-7(5-9(12)6-8)10(13)17-2-1-3-18(14,15)16/h4-6,11-12H,1-3H2,(H,14,15,16). The molecule has 0 saturated heterocycles. The van der Waals surface area contributed by atoms with Crippen LogP contribution in [0.25, 0.3) is 0 Å². The Hall–Kier alpha value is -1.80. The highest BCUT2D eigenvalue weighted by molar-refractivity contribution is 7.85. The lowest BCUT2D eigenvalue weighted by molar-refractivity contribution is 0.0504. The van der Waals surface area contributed by atoms with Crippen molar-refractivity contribution in [2.75, 3.05) is 12.4 Å². The van der Waals surface area contributed by atoms with E-state index in [1.807, 2.05) is 0 Å². The fraction of sp³-hybridized carbons (Fsp3) is 0.300. The molecule has 1 aromatic rings. The van der Waals surface area contributed by atoms with Crippen LogP contribution < -0.4 is 0 Å². The molecule has 0 atom stereocenters. The van der Waals surface area contributed by atoms with E-state index in [0.717, 1.165) is 18.2 Å². The summed E-state index contributed by atoms with van der Waals surface area (Å²) in [7, 11) is -4.07. The summed E-state index contributed by atoms with van der Waals surface area (Å²) in [5.41, 5.74) is -0.0562. The molecule has 0 radical (unpaired) electrons. The third-order valence-electron chi connectivity index (χ3n) is 1.92. The summed E-state index contributed by atoms with van der Waals surface area (Å²) in [4.78, 5) is 11.4. The number of ether oxygens (including phenoxy) is 1. The summed E-state index contributed by atoms with van der Waals surface area (Å²) in [6.07, 6.45) is -0.0463. The van der Waals surface area contributed by atoms with E-state index in [2.05, 4.69) is 0 Å². The normalized spacial score (nSPS) is 11.2. The molecule has 100 valence electrons. The maximum absolute atomic E-state index is 11.4. The number of hydrogen-bond acceptors (Lipinski definition) is 6. The highest BCUT2D eigenvalue weighted by Crippen LogP contribution is 2.20. The van der Waals surface area contributed by atoms with Crippen LogP contribution in [0.3, 0.4) is 0 Å². The quantitative estimate of drug-likeness (QED) is 0.407. The Morgan fingerprint density at radius 3 is 2.22 bits per heavy atom. The molecule has 8 heteroatoms. The molecule has 0 unspecified atom stereocenters. The van der Waals surface area contributed by atoms with E-state index in [0.29, 0.717) is 0 Å². The molecule has 0 heterocycles. The third-order valence-corrected chi connectivity index (χ3v) is 2.72. The van der Waals surface area contributed by atoms with Crippen LogP contribution in [0.5, 0.6) is 11.5 Å². The molecular formula is C10H12O7S. The van der Waals surface area contributed by atoms with Gasteiger partial charge in [-0.15, -0.1) is 0 Å². The van der Waals surface area contributed by atoms with Crippen molar-refractivity contribution >= 4 is 16.1 Å². The Morgan fingerprint density at radius 1 is 1.17 bits per heavy atom. The lowest BCUT2D eigenvalue weighted by Crippen LogP contribution is -2.11. The molecule has 0 spiro atoms. The van der Waals surface area contributed by atoms with E-state index in [4.69, 9.17) is 19.5 Å². The average molecular weight is 276 g/mol. The molecule has 3 N–H and O–H groups in total. The van der Waals surface area contributed by atoms with Gasteiger partial charge >= 0.3 is 5.97 Å². The van der Waals surface area contributed by atoms with E-state index in [1.165, 1.54) is 0 Å². The van der Waals surface area contributed by atoms with Crippen LogP contribution in [0, 0.1) is 0 Å². The average Bonchev–Trinajstić information content (AvgIpc) is 2.21. The van der Waals surface area contributed by atoms with Crippen LogP contribution in [-0.2, 0) is 14.9 Å². The van der Waals surface area contributed by atoms with Crippen molar-refractivity contribution in [1.82, 2.24) is 0 Å². The molecule has 0 amide bonds. The Morgan fingerprint density at radius 2 is 1.72 bits per heavy atom. The first kappa shape index (κ1) is 14.3. The fourth-order valence-corrected chi connectivity index (χ4v) is 1.69. The summed E-state index contributed by atoms with van der Waals surface area (Å²) in [5, 5.41) is 18.3. The first-order chi connectivity index (χ1) is 8.28. The molecule has 0 aromatic heterocycles. The third kappa shape index (κ3) is 5.02. The topological polar surface area (TPSA) is 121 Å². The number of phenolic OH excluding ortho intramolecular Hbond substituents is 2. The van der Waals surface area contributed by atoms with E-state index in [-0.39, 0.29) is 30.1 Å². The molecule has 1 aromatic carbocycles. The number of rotatable bonds is 5. The highest BCUT2D eigenvalue weighted by atomic mass is 32.2. The summed E-state index contributed by atoms with van der Waals surface area (Å²) in [6, 6.07) is 3.25. The minimum Gasteiger partial charge on any atom is -0.508 e. The zero-order chi connectivity index (χ0) is 13.8. The van der Waals surface area contributed by atoms with Gasteiger partial charge in [0.25, 0.3) is 10.1 Å². The first-order valence-corrected chi connectivity index (χ1v) is 6.54. The van der Waals surface area contributed by atoms with Crippen LogP contribution in [0.1, 0.15) is 16.8 Å². The van der Waals surface area contributed by atoms with Gasteiger partial charge in [0, 0.05) is 6.07 Å². The molecule has 0 fully saturated rings. The molecule has 1 rings (SSSR count). The van der Waals surface area contributed by atoms with Crippen molar-refractivity contribution in [3.8, 4) is 11.5 Å². The van der Waals surface area contributed by atoms with Gasteiger partial charge in [-0.25, -0.2) is 4.79 Å². The Labute approximate surface area is 103 Å². The SMILES string of the molecule is O=C(OCCCS(=O)(=O)O)c1cc(O)cc(O)c1. The summed E-state index contributed by atoms with van der Waals surface area (Å²) < 4.78 is 33.9. The lowest BCUT2D eigenvalue weighted by atomic mass is 10.2. The van der Waals surface area contributed by atoms with Gasteiger partial charge in [-0.3, -0.25) is 4.55 Å². The molecule has 7 nitrogen and oxygen atoms in total. The van der Waals surface area contributed by atoms with Gasteiger partial charge in [-0.05, 0) is 18.6 Å². The number of carbonyl (C=O) groups is 1. The van der Waals surface area contributed by atoms with Crippen molar-refractivity contribution < 1.29 is 32.7 Å². The van der Waals surface area contributed by atoms with Gasteiger partial charge in [0.15, 0.2) is 0 Å². The molecule has 18 heavy (non-hydrogen) atoms. The molecule has 0 aliphatic rings. The van der Waals surface area contributed by atoms with Gasteiger partial charge in [0.1, 0.15) is 11.5 Å². The van der Waals surface area contributed by atoms with Crippen LogP contribution in [0.2, 0.25) is 0 Å². The van der Waals surface area contributed by atoms with E-state index in [1.54, 1.807) is 0 Å². The van der Waals surface area contributed by atoms with Crippen LogP contribution >= 0.6 is 0 Å². The number of esters is 1. The minimum absolute atomic E-state index is 0.0463. The zero-order valence-corrected chi connectivity index (χ0v) is 10.1. The van der Waals surface area contributed by atoms with Crippen LogP contribution in [-0.4, -0.2) is 41.5 Å².